The van der Waals surface area contributed by atoms with E-state index in [1.807, 2.05) is 0 Å². The number of thiazole rings is 1. The maximum atomic E-state index is 12.9. The first-order chi connectivity index (χ1) is 16.8. The molecule has 0 aromatic carbocycles. The minimum Gasteiger partial charge on any atom is -0.477 e. The van der Waals surface area contributed by atoms with Crippen molar-refractivity contribution in [3.05, 3.63) is 22.3 Å². The van der Waals surface area contributed by atoms with Crippen LogP contribution in [0, 0.1) is 0 Å². The number of nitrogens with zero attached hydrogens (tertiary/aromatic N) is 7. The molecule has 3 amide bonds. The molecule has 2 aromatic rings. The number of carboxylic acids is 1. The number of amides is 3. The largest absolute Gasteiger partial charge is 0.477 e. The second kappa shape index (κ2) is 10.3. The van der Waals surface area contributed by atoms with Gasteiger partial charge in [-0.25, -0.2) is 15.2 Å². The monoisotopic (exact) mass is 540 g/mol. The van der Waals surface area contributed by atoms with Gasteiger partial charge in [0, 0.05) is 16.9 Å². The third-order valence-electron chi connectivity index (χ3n) is 4.69. The number of β-lactam (4-membered cyclic amide) rings is 1. The lowest BCUT2D eigenvalue weighted by Crippen LogP contribution is -2.71. The van der Waals surface area contributed by atoms with E-state index in [0.29, 0.717) is 12.0 Å². The third-order valence-corrected chi connectivity index (χ3v) is 7.71. The number of thioether (sulfide) groups is 2. The molecule has 16 nitrogen and oxygen atoms in total. The second-order valence-corrected chi connectivity index (χ2v) is 9.66. The molecule has 0 saturated carbocycles. The molecule has 0 aliphatic carbocycles. The van der Waals surface area contributed by atoms with Crippen LogP contribution in [0.4, 0.5) is 5.13 Å². The molecule has 184 valence electrons. The van der Waals surface area contributed by atoms with Crippen LogP contribution in [-0.4, -0.2) is 95.2 Å². The minimum atomic E-state index is -1.28. The number of aromatic nitrogens is 5. The van der Waals surface area contributed by atoms with E-state index in [-0.39, 0.29) is 38.9 Å². The molecular weight excluding hydrogens is 524 g/mol. The summed E-state index contributed by atoms with van der Waals surface area (Å²) in [5.74, 6) is -2.15. The smallest absolute Gasteiger partial charge is 0.352 e. The van der Waals surface area contributed by atoms with E-state index < -0.39 is 29.2 Å². The molecule has 2 atom stereocenters. The summed E-state index contributed by atoms with van der Waals surface area (Å²) >= 11 is 3.49. The number of carbonyl (C=O) groups excluding carboxylic acids is 3. The second-order valence-electron chi connectivity index (χ2n) is 6.72. The molecule has 1 fully saturated rings. The molecule has 0 bridgehead atoms. The Morgan fingerprint density at radius 3 is 2.94 bits per heavy atom. The zero-order chi connectivity index (χ0) is 25.1. The van der Waals surface area contributed by atoms with E-state index in [1.54, 1.807) is 0 Å². The summed E-state index contributed by atoms with van der Waals surface area (Å²) in [6, 6.07) is -0.974. The molecule has 0 spiro atoms. The predicted octanol–water partition coefficient (Wildman–Crippen LogP) is -1.71. The number of nitrogens with one attached hydrogen (secondary N) is 2. The zero-order valence-corrected chi connectivity index (χ0v) is 20.1. The number of nitrogens with two attached hydrogens (primary N) is 1. The number of hydrogen-bond donors (Lipinski definition) is 4. The fraction of sp³-hybridized carbons (Fsp3) is 0.312. The molecule has 2 aliphatic heterocycles. The van der Waals surface area contributed by atoms with Gasteiger partial charge < -0.3 is 21.0 Å². The number of carboxylic acid groups (broad SMARTS) is 1. The number of hydrogen-bond acceptors (Lipinski definition) is 14. The zero-order valence-electron chi connectivity index (χ0n) is 17.6. The van der Waals surface area contributed by atoms with E-state index in [4.69, 9.17) is 10.6 Å². The fourth-order valence-electron chi connectivity index (χ4n) is 3.25. The van der Waals surface area contributed by atoms with Gasteiger partial charge >= 0.3 is 5.97 Å². The standard InChI is InChI=1S/C16H16N10O6S3/c1-32-22-8(7-4-34-15(17)19-7)11(28)20-9-12(29)25-10(14(30)31)6(2-33-13(9)25)3-35-16-21-23-24-26(16)18-5-27/h4-5,9,13H,2-3H2,1H3,(H2,17,19)(H,18,27)(H,20,28)(H,30,31)/b22-8+/t9-,13-/m1/s1. The van der Waals surface area contributed by atoms with Crippen molar-refractivity contribution in [1.29, 1.82) is 0 Å². The van der Waals surface area contributed by atoms with E-state index in [0.717, 1.165) is 32.8 Å². The van der Waals surface area contributed by atoms with Gasteiger partial charge in [-0.05, 0) is 16.0 Å². The molecule has 1 saturated heterocycles. The number of tetrazole rings is 1. The predicted molar refractivity (Wildman–Crippen MR) is 124 cm³/mol. The Kier molecular flexibility index (Phi) is 7.17. The maximum Gasteiger partial charge on any atom is 0.352 e. The van der Waals surface area contributed by atoms with Crippen LogP contribution in [-0.2, 0) is 24.0 Å². The Balaban J connectivity index is 1.48. The quantitative estimate of drug-likeness (QED) is 0.0868. The van der Waals surface area contributed by atoms with Crippen LogP contribution < -0.4 is 16.5 Å². The average Bonchev–Trinajstić information content (AvgIpc) is 3.47. The summed E-state index contributed by atoms with van der Waals surface area (Å²) in [4.78, 5) is 59.3. The van der Waals surface area contributed by atoms with Gasteiger partial charge in [0.15, 0.2) is 10.8 Å². The highest BCUT2D eigenvalue weighted by Crippen LogP contribution is 2.41. The summed E-state index contributed by atoms with van der Waals surface area (Å²) < 4.78 is 0. The number of aliphatic carboxylic acids is 1. The van der Waals surface area contributed by atoms with E-state index >= 15 is 0 Å². The van der Waals surface area contributed by atoms with Gasteiger partial charge in [0.1, 0.15) is 29.9 Å². The topological polar surface area (TPSA) is 220 Å². The summed E-state index contributed by atoms with van der Waals surface area (Å²) in [7, 11) is 1.26. The molecule has 0 unspecified atom stereocenters. The first kappa shape index (κ1) is 24.4. The Labute approximate surface area is 208 Å². The molecule has 19 heteroatoms. The molecule has 35 heavy (non-hydrogen) atoms. The fourth-order valence-corrected chi connectivity index (χ4v) is 6.12. The first-order valence-corrected chi connectivity index (χ1v) is 12.4. The maximum absolute atomic E-state index is 12.9. The van der Waals surface area contributed by atoms with Crippen LogP contribution in [0.5, 0.6) is 0 Å². The number of fused-ring (bicyclic) bond motifs is 1. The molecule has 2 aliphatic rings. The van der Waals surface area contributed by atoms with Crippen molar-refractivity contribution >= 4 is 69.9 Å². The van der Waals surface area contributed by atoms with Gasteiger partial charge in [-0.2, -0.15) is 0 Å². The van der Waals surface area contributed by atoms with E-state index in [1.165, 1.54) is 24.3 Å². The summed E-state index contributed by atoms with van der Waals surface area (Å²) in [6.45, 7) is 0. The van der Waals surface area contributed by atoms with Gasteiger partial charge in [-0.15, -0.1) is 27.9 Å². The van der Waals surface area contributed by atoms with Crippen LogP contribution in [0.25, 0.3) is 0 Å². The highest BCUT2D eigenvalue weighted by Gasteiger charge is 2.54. The van der Waals surface area contributed by atoms with Gasteiger partial charge in [0.05, 0.1) is 0 Å². The van der Waals surface area contributed by atoms with Crippen molar-refractivity contribution in [2.24, 2.45) is 5.16 Å². The Bertz CT molecular complexity index is 1240. The van der Waals surface area contributed by atoms with Gasteiger partial charge in [-0.3, -0.25) is 19.3 Å². The van der Waals surface area contributed by atoms with Crippen molar-refractivity contribution in [1.82, 2.24) is 35.5 Å². The number of nitrogen functional groups attached to an aromatic ring is 1. The van der Waals surface area contributed by atoms with Crippen molar-refractivity contribution in [3.63, 3.8) is 0 Å². The lowest BCUT2D eigenvalue weighted by atomic mass is 10.0. The van der Waals surface area contributed by atoms with Crippen LogP contribution in [0.1, 0.15) is 5.69 Å². The van der Waals surface area contributed by atoms with Crippen LogP contribution in [0.15, 0.2) is 27.0 Å². The Hall–Kier alpha value is -3.71. The van der Waals surface area contributed by atoms with Crippen LogP contribution in [0.3, 0.4) is 0 Å². The lowest BCUT2D eigenvalue weighted by Gasteiger charge is -2.49. The minimum absolute atomic E-state index is 0.152. The summed E-state index contributed by atoms with van der Waals surface area (Å²) in [5, 5.41) is 28.2. The van der Waals surface area contributed by atoms with Gasteiger partial charge in [0.2, 0.25) is 11.6 Å². The molecule has 0 radical (unpaired) electrons. The van der Waals surface area contributed by atoms with Crippen molar-refractivity contribution in [3.8, 4) is 0 Å². The molecule has 4 heterocycles. The normalized spacial score (nSPS) is 19.6. The SMILES string of the molecule is CO/N=C(/C(=O)N[C@@H]1C(=O)N2C(C(=O)O)=C(CSc3nnnn3NC=O)CS[C@H]12)c1csc(N)n1. The molecule has 2 aromatic heterocycles. The number of oxime groups is 1. The average molecular weight is 541 g/mol. The van der Waals surface area contributed by atoms with Gasteiger partial charge in [-0.1, -0.05) is 22.0 Å². The third kappa shape index (κ3) is 4.77. The molecule has 5 N–H and O–H groups in total. The van der Waals surface area contributed by atoms with Crippen LogP contribution >= 0.6 is 34.9 Å². The number of rotatable bonds is 10. The van der Waals surface area contributed by atoms with Crippen LogP contribution in [0.2, 0.25) is 0 Å². The summed E-state index contributed by atoms with van der Waals surface area (Å²) in [5.41, 5.74) is 8.20. The highest BCUT2D eigenvalue weighted by atomic mass is 32.2. The van der Waals surface area contributed by atoms with E-state index in [2.05, 4.69) is 36.4 Å². The summed E-state index contributed by atoms with van der Waals surface area (Å²) in [6.07, 6.45) is 0.392. The first-order valence-electron chi connectivity index (χ1n) is 9.50. The lowest BCUT2D eigenvalue weighted by molar-refractivity contribution is -0.150. The van der Waals surface area contributed by atoms with Crippen molar-refractivity contribution in [2.75, 3.05) is 29.8 Å². The molecular formula is C16H16N10O6S3. The molecule has 4 rings (SSSR count). The van der Waals surface area contributed by atoms with Gasteiger partial charge in [0.25, 0.3) is 11.8 Å². The van der Waals surface area contributed by atoms with E-state index in [9.17, 15) is 24.3 Å². The Morgan fingerprint density at radius 2 is 2.29 bits per heavy atom. The Morgan fingerprint density at radius 1 is 1.49 bits per heavy atom. The number of carbonyl (C=O) groups is 4. The number of anilines is 1. The van der Waals surface area contributed by atoms with Crippen molar-refractivity contribution < 1.29 is 29.1 Å². The highest BCUT2D eigenvalue weighted by molar-refractivity contribution is 8.01. The van der Waals surface area contributed by atoms with Crippen molar-refractivity contribution in [2.45, 2.75) is 16.6 Å².